The van der Waals surface area contributed by atoms with Gasteiger partial charge in [0, 0.05) is 15.7 Å². The molecule has 1 unspecified atom stereocenters. The smallest absolute Gasteiger partial charge is 0.295 e. The summed E-state index contributed by atoms with van der Waals surface area (Å²) in [6, 6.07) is 17.1. The van der Waals surface area contributed by atoms with Crippen LogP contribution in [0, 0.1) is 6.92 Å². The molecule has 37 heavy (non-hydrogen) atoms. The summed E-state index contributed by atoms with van der Waals surface area (Å²) in [4.78, 5) is 29.1. The van der Waals surface area contributed by atoms with Crippen LogP contribution >= 0.6 is 23.2 Å². The molecule has 0 spiro atoms. The molecule has 190 valence electrons. The van der Waals surface area contributed by atoms with E-state index >= 15 is 0 Å². The Bertz CT molecular complexity index is 1530. The zero-order valence-corrected chi connectivity index (χ0v) is 22.2. The Balaban J connectivity index is 1.59. The SMILES string of the molecule is CCCCCCOc1ccc(C2c3c(oc4ccc(Cl)cc4c3=O)C(=O)N2c2ccc(C)c(Cl)c2)cc1. The van der Waals surface area contributed by atoms with Crippen LogP contribution in [0.1, 0.15) is 65.9 Å². The molecule has 1 amide bonds. The van der Waals surface area contributed by atoms with Gasteiger partial charge in [-0.05, 0) is 66.9 Å². The summed E-state index contributed by atoms with van der Waals surface area (Å²) >= 11 is 12.6. The molecule has 0 bridgehead atoms. The normalized spacial score (nSPS) is 14.9. The van der Waals surface area contributed by atoms with Gasteiger partial charge in [-0.3, -0.25) is 14.5 Å². The van der Waals surface area contributed by atoms with Gasteiger partial charge in [0.15, 0.2) is 5.43 Å². The van der Waals surface area contributed by atoms with Crippen molar-refractivity contribution in [1.82, 2.24) is 0 Å². The molecule has 1 aliphatic heterocycles. The lowest BCUT2D eigenvalue weighted by molar-refractivity contribution is 0.0971. The highest BCUT2D eigenvalue weighted by Crippen LogP contribution is 2.42. The molecule has 1 atom stereocenters. The zero-order valence-electron chi connectivity index (χ0n) is 20.7. The van der Waals surface area contributed by atoms with Crippen molar-refractivity contribution in [1.29, 1.82) is 0 Å². The Kier molecular flexibility index (Phi) is 7.27. The molecule has 0 N–H and O–H groups in total. The minimum atomic E-state index is -0.695. The lowest BCUT2D eigenvalue weighted by Crippen LogP contribution is -2.29. The van der Waals surface area contributed by atoms with Gasteiger partial charge in [0.2, 0.25) is 5.76 Å². The summed E-state index contributed by atoms with van der Waals surface area (Å²) in [5.41, 5.74) is 2.54. The number of hydrogen-bond donors (Lipinski definition) is 0. The molecule has 0 saturated heterocycles. The monoisotopic (exact) mass is 535 g/mol. The van der Waals surface area contributed by atoms with E-state index in [1.54, 1.807) is 29.2 Å². The van der Waals surface area contributed by atoms with Crippen LogP contribution in [-0.4, -0.2) is 12.5 Å². The van der Waals surface area contributed by atoms with Gasteiger partial charge in [-0.25, -0.2) is 0 Å². The first-order valence-electron chi connectivity index (χ1n) is 12.5. The van der Waals surface area contributed by atoms with Gasteiger partial charge in [-0.2, -0.15) is 0 Å². The van der Waals surface area contributed by atoms with Crippen molar-refractivity contribution in [2.75, 3.05) is 11.5 Å². The maximum absolute atomic E-state index is 13.7. The van der Waals surface area contributed by atoms with Crippen LogP contribution in [0.4, 0.5) is 5.69 Å². The van der Waals surface area contributed by atoms with Crippen LogP contribution in [0.3, 0.4) is 0 Å². The number of carbonyl (C=O) groups is 1. The van der Waals surface area contributed by atoms with Crippen LogP contribution in [0.15, 0.2) is 69.9 Å². The molecule has 0 saturated carbocycles. The number of rotatable bonds is 8. The second kappa shape index (κ2) is 10.6. The van der Waals surface area contributed by atoms with Crippen molar-refractivity contribution in [2.24, 2.45) is 0 Å². The highest BCUT2D eigenvalue weighted by molar-refractivity contribution is 6.32. The first-order chi connectivity index (χ1) is 17.9. The fourth-order valence-electron chi connectivity index (χ4n) is 4.72. The summed E-state index contributed by atoms with van der Waals surface area (Å²) in [5.74, 6) is 0.370. The third-order valence-corrected chi connectivity index (χ3v) is 7.37. The van der Waals surface area contributed by atoms with Gasteiger partial charge in [-0.15, -0.1) is 0 Å². The summed E-state index contributed by atoms with van der Waals surface area (Å²) < 4.78 is 11.9. The van der Waals surface area contributed by atoms with Crippen LogP contribution in [0.25, 0.3) is 11.0 Å². The minimum absolute atomic E-state index is 0.0257. The number of anilines is 1. The second-order valence-corrected chi connectivity index (χ2v) is 10.1. The van der Waals surface area contributed by atoms with Gasteiger partial charge in [-0.1, -0.05) is 67.6 Å². The lowest BCUT2D eigenvalue weighted by Gasteiger charge is -2.26. The van der Waals surface area contributed by atoms with Crippen molar-refractivity contribution in [2.45, 2.75) is 45.6 Å². The molecule has 0 aliphatic carbocycles. The number of nitrogens with zero attached hydrogens (tertiary/aromatic N) is 1. The minimum Gasteiger partial charge on any atom is -0.494 e. The molecule has 7 heteroatoms. The maximum atomic E-state index is 13.7. The number of ether oxygens (including phenoxy) is 1. The highest BCUT2D eigenvalue weighted by Gasteiger charge is 2.43. The average Bonchev–Trinajstić information content (AvgIpc) is 3.19. The quantitative estimate of drug-likeness (QED) is 0.214. The van der Waals surface area contributed by atoms with Gasteiger partial charge in [0.25, 0.3) is 5.91 Å². The summed E-state index contributed by atoms with van der Waals surface area (Å²) in [7, 11) is 0. The molecule has 4 aromatic rings. The number of unbranched alkanes of at least 4 members (excludes halogenated alkanes) is 3. The van der Waals surface area contributed by atoms with Crippen molar-refractivity contribution < 1.29 is 13.9 Å². The molecule has 0 fully saturated rings. The fourth-order valence-corrected chi connectivity index (χ4v) is 5.07. The summed E-state index contributed by atoms with van der Waals surface area (Å²) in [6.07, 6.45) is 4.50. The average molecular weight is 536 g/mol. The zero-order chi connectivity index (χ0) is 26.1. The van der Waals surface area contributed by atoms with E-state index in [0.717, 1.165) is 29.7 Å². The van der Waals surface area contributed by atoms with Gasteiger partial charge < -0.3 is 9.15 Å². The fraction of sp³-hybridized carbons (Fsp3) is 0.267. The predicted molar refractivity (Wildman–Crippen MR) is 148 cm³/mol. The van der Waals surface area contributed by atoms with Gasteiger partial charge in [0.1, 0.15) is 11.3 Å². The first-order valence-corrected chi connectivity index (χ1v) is 13.2. The number of benzene rings is 3. The Morgan fingerprint density at radius 1 is 0.946 bits per heavy atom. The van der Waals surface area contributed by atoms with E-state index in [4.69, 9.17) is 32.4 Å². The van der Waals surface area contributed by atoms with Crippen LogP contribution < -0.4 is 15.1 Å². The number of amides is 1. The largest absolute Gasteiger partial charge is 0.494 e. The van der Waals surface area contributed by atoms with E-state index in [0.29, 0.717) is 33.3 Å². The molecular formula is C30H27Cl2NO4. The summed E-state index contributed by atoms with van der Waals surface area (Å²) in [6.45, 7) is 4.72. The highest BCUT2D eigenvalue weighted by atomic mass is 35.5. The van der Waals surface area contributed by atoms with E-state index in [1.165, 1.54) is 12.8 Å². The number of carbonyl (C=O) groups excluding carboxylic acids is 1. The third kappa shape index (κ3) is 4.86. The second-order valence-electron chi connectivity index (χ2n) is 9.30. The van der Waals surface area contributed by atoms with Crippen LogP contribution in [0.5, 0.6) is 5.75 Å². The molecule has 5 nitrogen and oxygen atoms in total. The third-order valence-electron chi connectivity index (χ3n) is 6.73. The predicted octanol–water partition coefficient (Wildman–Crippen LogP) is 8.12. The lowest BCUT2D eigenvalue weighted by atomic mass is 9.98. The molecule has 1 aliphatic rings. The van der Waals surface area contributed by atoms with E-state index in [2.05, 4.69) is 6.92 Å². The van der Waals surface area contributed by atoms with Crippen LogP contribution in [0.2, 0.25) is 10.0 Å². The van der Waals surface area contributed by atoms with Crippen molar-refractivity contribution in [3.63, 3.8) is 0 Å². The number of hydrogen-bond acceptors (Lipinski definition) is 4. The Morgan fingerprint density at radius 3 is 2.46 bits per heavy atom. The van der Waals surface area contributed by atoms with E-state index in [9.17, 15) is 9.59 Å². The molecule has 5 rings (SSSR count). The van der Waals surface area contributed by atoms with Crippen molar-refractivity contribution in [3.05, 3.63) is 103 Å². The molecule has 1 aromatic heterocycles. The standard InChI is InChI=1S/C30H27Cl2NO4/c1-3-4-5-6-15-36-22-12-8-19(9-13-22)27-26-28(34)23-16-20(31)10-14-25(23)37-29(26)30(35)33(27)21-11-7-18(2)24(32)17-21/h7-14,16-17,27H,3-6,15H2,1-2H3. The van der Waals surface area contributed by atoms with Crippen molar-refractivity contribution >= 4 is 45.8 Å². The van der Waals surface area contributed by atoms with E-state index in [-0.39, 0.29) is 16.8 Å². The molecular weight excluding hydrogens is 509 g/mol. The maximum Gasteiger partial charge on any atom is 0.295 e. The van der Waals surface area contributed by atoms with Gasteiger partial charge in [0.05, 0.1) is 23.6 Å². The van der Waals surface area contributed by atoms with Crippen LogP contribution in [-0.2, 0) is 0 Å². The number of aryl methyl sites for hydroxylation is 1. The van der Waals surface area contributed by atoms with E-state index in [1.807, 2.05) is 43.3 Å². The Morgan fingerprint density at radius 2 is 1.73 bits per heavy atom. The topological polar surface area (TPSA) is 59.8 Å². The Labute approximate surface area is 225 Å². The summed E-state index contributed by atoms with van der Waals surface area (Å²) in [5, 5.41) is 1.28. The van der Waals surface area contributed by atoms with Crippen molar-refractivity contribution in [3.8, 4) is 5.75 Å². The molecule has 3 aromatic carbocycles. The molecule has 0 radical (unpaired) electrons. The first kappa shape index (κ1) is 25.4. The van der Waals surface area contributed by atoms with Gasteiger partial charge >= 0.3 is 0 Å². The van der Waals surface area contributed by atoms with E-state index < -0.39 is 11.9 Å². The Hall–Kier alpha value is -3.28. The molecule has 2 heterocycles. The number of fused-ring (bicyclic) bond motifs is 2. The number of halogens is 2.